The predicted molar refractivity (Wildman–Crippen MR) is 93.9 cm³/mol. The summed E-state index contributed by atoms with van der Waals surface area (Å²) < 4.78 is 11.4. The van der Waals surface area contributed by atoms with Crippen LogP contribution in [0, 0.1) is 5.92 Å². The lowest BCUT2D eigenvalue weighted by Crippen LogP contribution is -2.07. The molecule has 1 rings (SSSR count). The molecular weight excluding hydrogens is 276 g/mol. The Balaban J connectivity index is 2.76. The van der Waals surface area contributed by atoms with Crippen LogP contribution < -0.4 is 0 Å². The summed E-state index contributed by atoms with van der Waals surface area (Å²) in [5.74, 6) is 1.31. The van der Waals surface area contributed by atoms with Gasteiger partial charge in [-0.2, -0.15) is 0 Å². The summed E-state index contributed by atoms with van der Waals surface area (Å²) >= 11 is 0.754. The fourth-order valence-electron chi connectivity index (χ4n) is 3.00. The van der Waals surface area contributed by atoms with Gasteiger partial charge in [-0.05, 0) is 30.2 Å². The Morgan fingerprint density at radius 3 is 2.00 bits per heavy atom. The summed E-state index contributed by atoms with van der Waals surface area (Å²) in [6, 6.07) is 8.86. The van der Waals surface area contributed by atoms with Gasteiger partial charge >= 0.3 is 11.7 Å². The molecule has 0 aliphatic carbocycles. The van der Waals surface area contributed by atoms with E-state index in [1.807, 2.05) is 0 Å². The van der Waals surface area contributed by atoms with Crippen LogP contribution in [0.25, 0.3) is 0 Å². The van der Waals surface area contributed by atoms with Crippen LogP contribution in [0.5, 0.6) is 0 Å². The molecule has 0 N–H and O–H groups in total. The number of hydrogen-bond donors (Lipinski definition) is 0. The van der Waals surface area contributed by atoms with Gasteiger partial charge in [-0.15, -0.1) is 0 Å². The van der Waals surface area contributed by atoms with Gasteiger partial charge in [0.15, 0.2) is 0 Å². The van der Waals surface area contributed by atoms with E-state index in [9.17, 15) is 4.21 Å². The average Bonchev–Trinajstić information content (AvgIpc) is 2.49. The van der Waals surface area contributed by atoms with E-state index in [1.165, 1.54) is 36.8 Å². The maximum Gasteiger partial charge on any atom is 0.467 e. The monoisotopic (exact) mass is 307 g/mol. The fourth-order valence-corrected chi connectivity index (χ4v) is 3.53. The maximum absolute atomic E-state index is 11.4. The Hall–Kier alpha value is -0.760. The molecule has 0 aromatic heterocycles. The van der Waals surface area contributed by atoms with Crippen molar-refractivity contribution in [2.75, 3.05) is 0 Å². The van der Waals surface area contributed by atoms with Crippen LogP contribution in [0.15, 0.2) is 24.3 Å². The third-order valence-electron chi connectivity index (χ3n) is 4.33. The molecule has 2 atom stereocenters. The zero-order valence-electron chi connectivity index (χ0n) is 14.1. The second-order valence-electron chi connectivity index (χ2n) is 6.39. The van der Waals surface area contributed by atoms with Crippen molar-refractivity contribution in [3.05, 3.63) is 35.4 Å². The summed E-state index contributed by atoms with van der Waals surface area (Å²) in [5.41, 5.74) is 2.63. The second kappa shape index (κ2) is 10.0. The standard InChI is InChI=1S/C19H31OS/c1-5-7-8-10-19(21-20)17-13-11-16(12-14-17)18(9-6-2)15(3)4/h11-15,18-19H,5-10H2,1-4H3/q+1. The van der Waals surface area contributed by atoms with Crippen LogP contribution in [-0.4, -0.2) is 0 Å². The van der Waals surface area contributed by atoms with Gasteiger partial charge in [0.05, 0.1) is 0 Å². The SMILES string of the molecule is CCCCCC([S+]=O)c1ccc(C(CCC)C(C)C)cc1. The molecule has 2 heteroatoms. The molecule has 118 valence electrons. The fraction of sp³-hybridized carbons (Fsp3) is 0.684. The van der Waals surface area contributed by atoms with Crippen LogP contribution in [0.4, 0.5) is 0 Å². The Labute approximate surface area is 135 Å². The van der Waals surface area contributed by atoms with Crippen molar-refractivity contribution in [2.45, 2.75) is 77.4 Å². The third kappa shape index (κ3) is 5.86. The average molecular weight is 308 g/mol. The normalized spacial score (nSPS) is 14.1. The van der Waals surface area contributed by atoms with Gasteiger partial charge < -0.3 is 0 Å². The second-order valence-corrected chi connectivity index (χ2v) is 7.15. The Bertz CT molecular complexity index is 397. The lowest BCUT2D eigenvalue weighted by molar-refractivity contribution is 0.463. The van der Waals surface area contributed by atoms with Gasteiger partial charge in [-0.3, -0.25) is 0 Å². The molecule has 0 spiro atoms. The van der Waals surface area contributed by atoms with Crippen LogP contribution in [-0.2, 0) is 15.9 Å². The Kier molecular flexibility index (Phi) is 8.75. The minimum Gasteiger partial charge on any atom is -0.0654 e. The van der Waals surface area contributed by atoms with Crippen LogP contribution in [0.1, 0.15) is 88.5 Å². The smallest absolute Gasteiger partial charge is 0.0654 e. The summed E-state index contributed by atoms with van der Waals surface area (Å²) in [6.07, 6.45) is 7.06. The molecule has 1 aromatic rings. The highest BCUT2D eigenvalue weighted by Crippen LogP contribution is 2.31. The summed E-state index contributed by atoms with van der Waals surface area (Å²) in [7, 11) is 0. The van der Waals surface area contributed by atoms with E-state index in [2.05, 4.69) is 52.0 Å². The molecule has 0 aliphatic heterocycles. The summed E-state index contributed by atoms with van der Waals surface area (Å²) in [5, 5.41) is 0.120. The molecule has 1 aromatic carbocycles. The Morgan fingerprint density at radius 2 is 1.52 bits per heavy atom. The molecule has 21 heavy (non-hydrogen) atoms. The van der Waals surface area contributed by atoms with Gasteiger partial charge in [0.25, 0.3) is 5.25 Å². The van der Waals surface area contributed by atoms with E-state index in [0.29, 0.717) is 11.8 Å². The first kappa shape index (κ1) is 18.3. The van der Waals surface area contributed by atoms with E-state index >= 15 is 0 Å². The first-order chi connectivity index (χ1) is 10.1. The van der Waals surface area contributed by atoms with Crippen molar-refractivity contribution >= 4 is 11.7 Å². The van der Waals surface area contributed by atoms with E-state index in [0.717, 1.165) is 24.5 Å². The van der Waals surface area contributed by atoms with Crippen molar-refractivity contribution in [3.63, 3.8) is 0 Å². The number of hydrogen-bond acceptors (Lipinski definition) is 1. The molecule has 0 saturated heterocycles. The molecule has 0 bridgehead atoms. The maximum atomic E-state index is 11.4. The molecule has 2 unspecified atom stereocenters. The first-order valence-corrected chi connectivity index (χ1v) is 9.32. The highest BCUT2D eigenvalue weighted by Gasteiger charge is 2.24. The van der Waals surface area contributed by atoms with Crippen molar-refractivity contribution in [1.29, 1.82) is 0 Å². The molecule has 0 heterocycles. The highest BCUT2D eigenvalue weighted by atomic mass is 32.1. The van der Waals surface area contributed by atoms with Crippen molar-refractivity contribution in [2.24, 2.45) is 5.92 Å². The van der Waals surface area contributed by atoms with E-state index in [4.69, 9.17) is 0 Å². The molecule has 1 nitrogen and oxygen atoms in total. The lowest BCUT2D eigenvalue weighted by Gasteiger charge is -2.21. The van der Waals surface area contributed by atoms with Gasteiger partial charge in [0, 0.05) is 16.2 Å². The molecular formula is C19H31OS+. The number of rotatable bonds is 10. The van der Waals surface area contributed by atoms with E-state index < -0.39 is 0 Å². The molecule has 0 aliphatic rings. The first-order valence-electron chi connectivity index (χ1n) is 8.52. The third-order valence-corrected chi connectivity index (χ3v) is 5.07. The molecule has 0 fully saturated rings. The van der Waals surface area contributed by atoms with E-state index in [1.54, 1.807) is 0 Å². The Morgan fingerprint density at radius 1 is 0.905 bits per heavy atom. The quantitative estimate of drug-likeness (QED) is 0.367. The van der Waals surface area contributed by atoms with Crippen molar-refractivity contribution < 1.29 is 4.21 Å². The van der Waals surface area contributed by atoms with Gasteiger partial charge in [0.1, 0.15) is 0 Å². The highest BCUT2D eigenvalue weighted by molar-refractivity contribution is 7.65. The minimum atomic E-state index is 0.120. The van der Waals surface area contributed by atoms with Gasteiger partial charge in [-0.25, -0.2) is 0 Å². The topological polar surface area (TPSA) is 17.1 Å². The number of benzene rings is 1. The predicted octanol–water partition coefficient (Wildman–Crippen LogP) is 6.28. The van der Waals surface area contributed by atoms with Crippen LogP contribution >= 0.6 is 0 Å². The van der Waals surface area contributed by atoms with Gasteiger partial charge in [-0.1, -0.05) is 71.2 Å². The zero-order valence-corrected chi connectivity index (χ0v) is 14.9. The van der Waals surface area contributed by atoms with Crippen LogP contribution in [0.2, 0.25) is 0 Å². The van der Waals surface area contributed by atoms with E-state index in [-0.39, 0.29) is 5.25 Å². The lowest BCUT2D eigenvalue weighted by atomic mass is 9.84. The van der Waals surface area contributed by atoms with Crippen molar-refractivity contribution in [3.8, 4) is 0 Å². The molecule has 0 radical (unpaired) electrons. The molecule has 0 saturated carbocycles. The summed E-state index contributed by atoms with van der Waals surface area (Å²) in [6.45, 7) is 9.06. The van der Waals surface area contributed by atoms with Crippen LogP contribution in [0.3, 0.4) is 0 Å². The zero-order chi connectivity index (χ0) is 15.7. The number of unbranched alkanes of at least 4 members (excludes halogenated alkanes) is 2. The summed E-state index contributed by atoms with van der Waals surface area (Å²) in [4.78, 5) is 0. The largest absolute Gasteiger partial charge is 0.467 e. The van der Waals surface area contributed by atoms with Crippen molar-refractivity contribution in [1.82, 2.24) is 0 Å². The van der Waals surface area contributed by atoms with Gasteiger partial charge in [0.2, 0.25) is 0 Å². The molecule has 0 amide bonds. The minimum absolute atomic E-state index is 0.120.